The van der Waals surface area contributed by atoms with Gasteiger partial charge in [-0.15, -0.1) is 0 Å². The lowest BCUT2D eigenvalue weighted by atomic mass is 10.0. The van der Waals surface area contributed by atoms with Crippen LogP contribution < -0.4 is 5.32 Å². The summed E-state index contributed by atoms with van der Waals surface area (Å²) in [5.41, 5.74) is 0. The van der Waals surface area contributed by atoms with Gasteiger partial charge in [-0.05, 0) is 26.2 Å². The van der Waals surface area contributed by atoms with Crippen molar-refractivity contribution in [2.75, 3.05) is 6.61 Å². The van der Waals surface area contributed by atoms with Gasteiger partial charge in [0.05, 0.1) is 18.8 Å². The molecule has 0 aromatic heterocycles. The van der Waals surface area contributed by atoms with Crippen molar-refractivity contribution in [2.24, 2.45) is 5.92 Å². The van der Waals surface area contributed by atoms with E-state index < -0.39 is 6.09 Å². The van der Waals surface area contributed by atoms with Crippen LogP contribution >= 0.6 is 0 Å². The highest BCUT2D eigenvalue weighted by Gasteiger charge is 2.14. The molecule has 4 nitrogen and oxygen atoms in total. The number of nitrogens with one attached hydrogen (secondary N) is 1. The second-order valence-corrected chi connectivity index (χ2v) is 4.11. The maximum atomic E-state index is 11.2. The summed E-state index contributed by atoms with van der Waals surface area (Å²) < 4.78 is 4.90. The maximum Gasteiger partial charge on any atom is 0.407 e. The van der Waals surface area contributed by atoms with Crippen LogP contribution in [0.5, 0.6) is 0 Å². The molecule has 0 radical (unpaired) electrons. The van der Waals surface area contributed by atoms with Gasteiger partial charge in [0.25, 0.3) is 0 Å². The van der Waals surface area contributed by atoms with E-state index in [1.54, 1.807) is 13.8 Å². The van der Waals surface area contributed by atoms with Crippen LogP contribution in [-0.4, -0.2) is 30.0 Å². The van der Waals surface area contributed by atoms with Crippen molar-refractivity contribution in [1.29, 1.82) is 0 Å². The Morgan fingerprint density at radius 3 is 2.29 bits per heavy atom. The molecule has 0 saturated carbocycles. The van der Waals surface area contributed by atoms with Gasteiger partial charge in [0, 0.05) is 0 Å². The molecule has 4 heteroatoms. The van der Waals surface area contributed by atoms with E-state index in [1.807, 2.05) is 13.8 Å². The van der Waals surface area contributed by atoms with Crippen molar-refractivity contribution in [3.63, 3.8) is 0 Å². The van der Waals surface area contributed by atoms with Crippen LogP contribution in [-0.2, 0) is 4.74 Å². The molecule has 14 heavy (non-hydrogen) atoms. The number of alkyl carbamates (subject to hydrolysis) is 1. The van der Waals surface area contributed by atoms with Crippen LogP contribution in [0.4, 0.5) is 4.79 Å². The number of ether oxygens (including phenoxy) is 1. The monoisotopic (exact) mass is 203 g/mol. The summed E-state index contributed by atoms with van der Waals surface area (Å²) in [5, 5.41) is 11.6. The zero-order valence-corrected chi connectivity index (χ0v) is 9.41. The first-order valence-corrected chi connectivity index (χ1v) is 5.03. The number of aliphatic hydroxyl groups is 1. The fourth-order valence-electron chi connectivity index (χ4n) is 1.16. The Morgan fingerprint density at radius 1 is 1.36 bits per heavy atom. The molecule has 0 rings (SSSR count). The third-order valence-electron chi connectivity index (χ3n) is 1.64. The van der Waals surface area contributed by atoms with Crippen molar-refractivity contribution in [3.05, 3.63) is 0 Å². The zero-order valence-electron chi connectivity index (χ0n) is 9.41. The minimum atomic E-state index is -0.459. The Bertz CT molecular complexity index is 169. The topological polar surface area (TPSA) is 58.6 Å². The smallest absolute Gasteiger partial charge is 0.407 e. The van der Waals surface area contributed by atoms with E-state index in [9.17, 15) is 4.79 Å². The minimum absolute atomic E-state index is 0.0502. The van der Waals surface area contributed by atoms with E-state index in [4.69, 9.17) is 9.84 Å². The summed E-state index contributed by atoms with van der Waals surface area (Å²) in [6.07, 6.45) is 0.164. The second-order valence-electron chi connectivity index (χ2n) is 4.11. The molecule has 0 aliphatic rings. The van der Waals surface area contributed by atoms with E-state index in [-0.39, 0.29) is 18.8 Å². The van der Waals surface area contributed by atoms with Crippen molar-refractivity contribution < 1.29 is 14.6 Å². The number of aliphatic hydroxyl groups excluding tert-OH is 1. The fraction of sp³-hybridized carbons (Fsp3) is 0.900. The molecule has 0 unspecified atom stereocenters. The lowest BCUT2D eigenvalue weighted by molar-refractivity contribution is 0.105. The number of carbonyl (C=O) groups is 1. The van der Waals surface area contributed by atoms with Crippen LogP contribution in [0.1, 0.15) is 34.1 Å². The predicted molar refractivity (Wildman–Crippen MR) is 55.1 cm³/mol. The van der Waals surface area contributed by atoms with Crippen molar-refractivity contribution in [3.8, 4) is 0 Å². The SMILES string of the molecule is CC(C)C[C@H](CO)NC(=O)OC(C)C. The Morgan fingerprint density at radius 2 is 1.93 bits per heavy atom. The summed E-state index contributed by atoms with van der Waals surface area (Å²) in [4.78, 5) is 11.2. The van der Waals surface area contributed by atoms with Gasteiger partial charge in [-0.25, -0.2) is 4.79 Å². The van der Waals surface area contributed by atoms with Gasteiger partial charge < -0.3 is 15.2 Å². The molecule has 0 fully saturated rings. The number of carbonyl (C=O) groups excluding carboxylic acids is 1. The number of hydrogen-bond donors (Lipinski definition) is 2. The molecular formula is C10H21NO3. The molecule has 0 bridgehead atoms. The molecule has 0 aliphatic heterocycles. The quantitative estimate of drug-likeness (QED) is 0.712. The van der Waals surface area contributed by atoms with Gasteiger partial charge in [-0.1, -0.05) is 13.8 Å². The molecule has 0 aromatic carbocycles. The third kappa shape index (κ3) is 6.71. The highest BCUT2D eigenvalue weighted by atomic mass is 16.6. The normalized spacial score (nSPS) is 13.1. The van der Waals surface area contributed by atoms with Crippen LogP contribution in [0.25, 0.3) is 0 Å². The molecule has 0 spiro atoms. The lowest BCUT2D eigenvalue weighted by Gasteiger charge is -2.18. The Kier molecular flexibility index (Phi) is 6.28. The molecule has 1 amide bonds. The average Bonchev–Trinajstić information content (AvgIpc) is 2.00. The van der Waals surface area contributed by atoms with Crippen LogP contribution in [0.2, 0.25) is 0 Å². The van der Waals surface area contributed by atoms with Crippen LogP contribution in [0.3, 0.4) is 0 Å². The van der Waals surface area contributed by atoms with Crippen molar-refractivity contribution in [2.45, 2.75) is 46.3 Å². The Hall–Kier alpha value is -0.770. The maximum absolute atomic E-state index is 11.2. The average molecular weight is 203 g/mol. The van der Waals surface area contributed by atoms with E-state index >= 15 is 0 Å². The molecule has 84 valence electrons. The van der Waals surface area contributed by atoms with Gasteiger partial charge in [0.1, 0.15) is 0 Å². The molecular weight excluding hydrogens is 182 g/mol. The van der Waals surface area contributed by atoms with Crippen LogP contribution in [0.15, 0.2) is 0 Å². The van der Waals surface area contributed by atoms with Crippen LogP contribution in [0, 0.1) is 5.92 Å². The lowest BCUT2D eigenvalue weighted by Crippen LogP contribution is -2.39. The highest BCUT2D eigenvalue weighted by Crippen LogP contribution is 2.04. The number of rotatable bonds is 5. The Balaban J connectivity index is 3.86. The first kappa shape index (κ1) is 13.2. The van der Waals surface area contributed by atoms with E-state index in [0.29, 0.717) is 5.92 Å². The summed E-state index contributed by atoms with van der Waals surface area (Å²) >= 11 is 0. The molecule has 0 aliphatic carbocycles. The second kappa shape index (κ2) is 6.65. The fourth-order valence-corrected chi connectivity index (χ4v) is 1.16. The number of amides is 1. The third-order valence-corrected chi connectivity index (χ3v) is 1.64. The first-order valence-electron chi connectivity index (χ1n) is 5.03. The van der Waals surface area contributed by atoms with E-state index in [1.165, 1.54) is 0 Å². The van der Waals surface area contributed by atoms with E-state index in [0.717, 1.165) is 6.42 Å². The summed E-state index contributed by atoms with van der Waals surface area (Å²) in [7, 11) is 0. The zero-order chi connectivity index (χ0) is 11.1. The van der Waals surface area contributed by atoms with Gasteiger partial charge in [-0.3, -0.25) is 0 Å². The standard InChI is InChI=1S/C10H21NO3/c1-7(2)5-9(6-12)11-10(13)14-8(3)4/h7-9,12H,5-6H2,1-4H3,(H,11,13)/t9-/m1/s1. The van der Waals surface area contributed by atoms with Gasteiger partial charge in [0.15, 0.2) is 0 Å². The number of hydrogen-bond acceptors (Lipinski definition) is 3. The minimum Gasteiger partial charge on any atom is -0.447 e. The summed E-state index contributed by atoms with van der Waals surface area (Å²) in [6, 6.07) is -0.207. The largest absolute Gasteiger partial charge is 0.447 e. The summed E-state index contributed by atoms with van der Waals surface area (Å²) in [6.45, 7) is 7.60. The van der Waals surface area contributed by atoms with Gasteiger partial charge in [0.2, 0.25) is 0 Å². The summed E-state index contributed by atoms with van der Waals surface area (Å²) in [5.74, 6) is 0.437. The predicted octanol–water partition coefficient (Wildman–Crippen LogP) is 1.53. The molecule has 0 saturated heterocycles. The Labute approximate surface area is 85.6 Å². The molecule has 0 aromatic rings. The van der Waals surface area contributed by atoms with Gasteiger partial charge >= 0.3 is 6.09 Å². The van der Waals surface area contributed by atoms with Crippen molar-refractivity contribution in [1.82, 2.24) is 5.32 Å². The molecule has 2 N–H and O–H groups in total. The van der Waals surface area contributed by atoms with Gasteiger partial charge in [-0.2, -0.15) is 0 Å². The highest BCUT2D eigenvalue weighted by molar-refractivity contribution is 5.67. The molecule has 0 heterocycles. The van der Waals surface area contributed by atoms with E-state index in [2.05, 4.69) is 5.32 Å². The molecule has 1 atom stereocenters. The first-order chi connectivity index (χ1) is 6.45. The van der Waals surface area contributed by atoms with Crippen molar-refractivity contribution >= 4 is 6.09 Å².